The summed E-state index contributed by atoms with van der Waals surface area (Å²) in [6.07, 6.45) is 5.02. The molecular weight excluding hydrogens is 224 g/mol. The Morgan fingerprint density at radius 1 is 1.44 bits per heavy atom. The highest BCUT2D eigenvalue weighted by Gasteiger charge is 2.23. The van der Waals surface area contributed by atoms with Crippen LogP contribution in [0.5, 0.6) is 0 Å². The number of aromatic nitrogens is 2. The monoisotopic (exact) mass is 252 g/mol. The SMILES string of the molecule is CC(CC(CCc1ccnn1C)NN)C(C)(C)C. The predicted octanol–water partition coefficient (Wildman–Crippen LogP) is 2.26. The van der Waals surface area contributed by atoms with Crippen molar-refractivity contribution >= 4 is 0 Å². The highest BCUT2D eigenvalue weighted by molar-refractivity contribution is 5.00. The van der Waals surface area contributed by atoms with Crippen molar-refractivity contribution in [2.75, 3.05) is 0 Å². The van der Waals surface area contributed by atoms with Gasteiger partial charge in [0, 0.05) is 25.0 Å². The number of hydrogen-bond donors (Lipinski definition) is 2. The van der Waals surface area contributed by atoms with Gasteiger partial charge in [-0.25, -0.2) is 0 Å². The number of aryl methyl sites for hydroxylation is 2. The normalized spacial score (nSPS) is 15.7. The van der Waals surface area contributed by atoms with Crippen LogP contribution in [0.3, 0.4) is 0 Å². The molecule has 0 aromatic carbocycles. The standard InChI is InChI=1S/C14H28N4/c1-11(14(2,3)4)10-12(17-15)6-7-13-8-9-16-18(13)5/h8-9,11-12,17H,6-7,10,15H2,1-5H3. The molecule has 18 heavy (non-hydrogen) atoms. The van der Waals surface area contributed by atoms with E-state index in [1.807, 2.05) is 17.9 Å². The maximum atomic E-state index is 5.67. The average molecular weight is 252 g/mol. The third kappa shape index (κ3) is 4.42. The van der Waals surface area contributed by atoms with E-state index in [-0.39, 0.29) is 0 Å². The van der Waals surface area contributed by atoms with Crippen LogP contribution in [0.25, 0.3) is 0 Å². The summed E-state index contributed by atoms with van der Waals surface area (Å²) in [5.41, 5.74) is 4.55. The van der Waals surface area contributed by atoms with Crippen LogP contribution < -0.4 is 11.3 Å². The molecule has 0 amide bonds. The molecule has 0 aliphatic rings. The molecule has 1 rings (SSSR count). The summed E-state index contributed by atoms with van der Waals surface area (Å²) >= 11 is 0. The summed E-state index contributed by atoms with van der Waals surface area (Å²) in [4.78, 5) is 0. The van der Waals surface area contributed by atoms with Gasteiger partial charge in [-0.05, 0) is 36.7 Å². The molecule has 0 saturated carbocycles. The molecule has 0 aliphatic carbocycles. The Bertz CT molecular complexity index is 351. The lowest BCUT2D eigenvalue weighted by molar-refractivity contribution is 0.219. The Morgan fingerprint density at radius 3 is 2.56 bits per heavy atom. The van der Waals surface area contributed by atoms with Crippen LogP contribution in [-0.2, 0) is 13.5 Å². The fourth-order valence-corrected chi connectivity index (χ4v) is 2.02. The Labute approximate surface area is 111 Å². The first-order chi connectivity index (χ1) is 8.34. The first kappa shape index (κ1) is 15.2. The van der Waals surface area contributed by atoms with E-state index in [4.69, 9.17) is 5.84 Å². The molecule has 0 spiro atoms. The van der Waals surface area contributed by atoms with Crippen molar-refractivity contribution in [3.8, 4) is 0 Å². The number of nitrogens with zero attached hydrogens (tertiary/aromatic N) is 2. The zero-order valence-corrected chi connectivity index (χ0v) is 12.4. The molecule has 104 valence electrons. The van der Waals surface area contributed by atoms with Crippen molar-refractivity contribution in [1.29, 1.82) is 0 Å². The lowest BCUT2D eigenvalue weighted by atomic mass is 9.78. The topological polar surface area (TPSA) is 55.9 Å². The molecule has 1 aromatic rings. The second-order valence-electron chi connectivity index (χ2n) is 6.35. The average Bonchev–Trinajstić information content (AvgIpc) is 2.68. The molecule has 0 aliphatic heterocycles. The number of nitrogens with two attached hydrogens (primary N) is 1. The summed E-state index contributed by atoms with van der Waals surface area (Å²) in [5, 5.41) is 4.19. The predicted molar refractivity (Wildman–Crippen MR) is 75.9 cm³/mol. The van der Waals surface area contributed by atoms with Crippen LogP contribution in [0, 0.1) is 11.3 Å². The Kier molecular flexibility index (Phi) is 5.35. The van der Waals surface area contributed by atoms with Gasteiger partial charge >= 0.3 is 0 Å². The largest absolute Gasteiger partial charge is 0.273 e. The van der Waals surface area contributed by atoms with Crippen molar-refractivity contribution in [3.63, 3.8) is 0 Å². The summed E-state index contributed by atoms with van der Waals surface area (Å²) < 4.78 is 1.93. The van der Waals surface area contributed by atoms with Gasteiger partial charge in [0.2, 0.25) is 0 Å². The maximum absolute atomic E-state index is 5.67. The Balaban J connectivity index is 2.45. The molecular formula is C14H28N4. The van der Waals surface area contributed by atoms with E-state index in [9.17, 15) is 0 Å². The van der Waals surface area contributed by atoms with Gasteiger partial charge in [-0.15, -0.1) is 0 Å². The van der Waals surface area contributed by atoms with Gasteiger partial charge in [-0.2, -0.15) is 5.10 Å². The zero-order chi connectivity index (χ0) is 13.8. The van der Waals surface area contributed by atoms with E-state index in [1.54, 1.807) is 0 Å². The maximum Gasteiger partial charge on any atom is 0.0492 e. The lowest BCUT2D eigenvalue weighted by Crippen LogP contribution is -2.38. The molecule has 0 saturated heterocycles. The van der Waals surface area contributed by atoms with Crippen LogP contribution in [-0.4, -0.2) is 15.8 Å². The molecule has 3 N–H and O–H groups in total. The summed E-state index contributed by atoms with van der Waals surface area (Å²) in [7, 11) is 1.98. The van der Waals surface area contributed by atoms with E-state index in [0.717, 1.165) is 19.3 Å². The highest BCUT2D eigenvalue weighted by atomic mass is 15.3. The van der Waals surface area contributed by atoms with E-state index >= 15 is 0 Å². The summed E-state index contributed by atoms with van der Waals surface area (Å²) in [6, 6.07) is 2.44. The molecule has 0 radical (unpaired) electrons. The van der Waals surface area contributed by atoms with Crippen LogP contribution in [0.15, 0.2) is 12.3 Å². The number of hydrogen-bond acceptors (Lipinski definition) is 3. The highest BCUT2D eigenvalue weighted by Crippen LogP contribution is 2.29. The van der Waals surface area contributed by atoms with E-state index in [0.29, 0.717) is 17.4 Å². The molecule has 0 bridgehead atoms. The van der Waals surface area contributed by atoms with E-state index in [2.05, 4.69) is 44.3 Å². The first-order valence-electron chi connectivity index (χ1n) is 6.77. The van der Waals surface area contributed by atoms with Crippen molar-refractivity contribution in [3.05, 3.63) is 18.0 Å². The lowest BCUT2D eigenvalue weighted by Gasteiger charge is -2.30. The molecule has 1 heterocycles. The molecule has 4 heteroatoms. The third-order valence-electron chi connectivity index (χ3n) is 4.02. The van der Waals surface area contributed by atoms with Crippen molar-refractivity contribution in [2.45, 2.75) is 53.0 Å². The second-order valence-corrected chi connectivity index (χ2v) is 6.35. The van der Waals surface area contributed by atoms with Gasteiger partial charge in [0.15, 0.2) is 0 Å². The van der Waals surface area contributed by atoms with Crippen LogP contribution in [0.1, 0.15) is 46.2 Å². The van der Waals surface area contributed by atoms with Gasteiger partial charge < -0.3 is 0 Å². The van der Waals surface area contributed by atoms with Crippen LogP contribution >= 0.6 is 0 Å². The number of hydrazine groups is 1. The molecule has 2 unspecified atom stereocenters. The fourth-order valence-electron chi connectivity index (χ4n) is 2.02. The Hall–Kier alpha value is -0.870. The zero-order valence-electron chi connectivity index (χ0n) is 12.4. The van der Waals surface area contributed by atoms with Crippen molar-refractivity contribution in [1.82, 2.24) is 15.2 Å². The number of rotatable bonds is 6. The van der Waals surface area contributed by atoms with Crippen LogP contribution in [0.2, 0.25) is 0 Å². The van der Waals surface area contributed by atoms with Gasteiger partial charge in [-0.1, -0.05) is 27.7 Å². The van der Waals surface area contributed by atoms with E-state index in [1.165, 1.54) is 5.69 Å². The van der Waals surface area contributed by atoms with Crippen molar-refractivity contribution in [2.24, 2.45) is 24.2 Å². The fraction of sp³-hybridized carbons (Fsp3) is 0.786. The third-order valence-corrected chi connectivity index (χ3v) is 4.02. The van der Waals surface area contributed by atoms with Gasteiger partial charge in [0.05, 0.1) is 0 Å². The van der Waals surface area contributed by atoms with Gasteiger partial charge in [0.1, 0.15) is 0 Å². The van der Waals surface area contributed by atoms with Gasteiger partial charge in [-0.3, -0.25) is 16.0 Å². The Morgan fingerprint density at radius 2 is 2.11 bits per heavy atom. The summed E-state index contributed by atoms with van der Waals surface area (Å²) in [5.74, 6) is 6.31. The summed E-state index contributed by atoms with van der Waals surface area (Å²) in [6.45, 7) is 9.15. The van der Waals surface area contributed by atoms with Gasteiger partial charge in [0.25, 0.3) is 0 Å². The smallest absolute Gasteiger partial charge is 0.0492 e. The van der Waals surface area contributed by atoms with E-state index < -0.39 is 0 Å². The first-order valence-corrected chi connectivity index (χ1v) is 6.77. The molecule has 1 aromatic heterocycles. The van der Waals surface area contributed by atoms with Crippen LogP contribution in [0.4, 0.5) is 0 Å². The minimum atomic E-state index is 0.335. The molecule has 2 atom stereocenters. The van der Waals surface area contributed by atoms with Crippen molar-refractivity contribution < 1.29 is 0 Å². The minimum Gasteiger partial charge on any atom is -0.273 e. The molecule has 4 nitrogen and oxygen atoms in total. The molecule has 0 fully saturated rings. The number of nitrogens with one attached hydrogen (secondary N) is 1. The minimum absolute atomic E-state index is 0.335. The quantitative estimate of drug-likeness (QED) is 0.603. The second kappa shape index (κ2) is 6.34.